The monoisotopic (exact) mass is 241 g/mol. The highest BCUT2D eigenvalue weighted by Crippen LogP contribution is 2.25. The lowest BCUT2D eigenvalue weighted by atomic mass is 9.99. The van der Waals surface area contributed by atoms with Crippen LogP contribution in [0.1, 0.15) is 26.2 Å². The number of nitrogens with zero attached hydrogens (tertiary/aromatic N) is 1. The van der Waals surface area contributed by atoms with E-state index in [4.69, 9.17) is 10.5 Å². The first-order valence-corrected chi connectivity index (χ1v) is 6.55. The molecule has 0 aromatic rings. The lowest BCUT2D eigenvalue weighted by Gasteiger charge is -2.23. The molecule has 2 rings (SSSR count). The summed E-state index contributed by atoms with van der Waals surface area (Å²) in [5.74, 6) is -0.0677. The molecule has 1 amide bonds. The Morgan fingerprint density at radius 3 is 2.88 bits per heavy atom. The van der Waals surface area contributed by atoms with Crippen molar-refractivity contribution in [1.29, 1.82) is 0 Å². The summed E-state index contributed by atoms with van der Waals surface area (Å²) in [5.41, 5.74) is 5.18. The maximum Gasteiger partial charge on any atom is 0.242 e. The van der Waals surface area contributed by atoms with Crippen molar-refractivity contribution in [2.45, 2.75) is 37.8 Å². The molecule has 0 spiro atoms. The summed E-state index contributed by atoms with van der Waals surface area (Å²) in [7, 11) is 0. The number of hydrogen-bond donors (Lipinski definition) is 2. The van der Waals surface area contributed by atoms with E-state index in [1.165, 1.54) is 12.8 Å². The molecule has 5 nitrogen and oxygen atoms in total. The maximum absolute atomic E-state index is 11.9. The average molecular weight is 241 g/mol. The van der Waals surface area contributed by atoms with E-state index in [0.717, 1.165) is 19.1 Å². The van der Waals surface area contributed by atoms with Gasteiger partial charge in [-0.3, -0.25) is 9.69 Å². The highest BCUT2D eigenvalue weighted by atomic mass is 16.5. The standard InChI is InChI=1S/C12H23N3O2/c1-2-15(10-3-4-10)7-6-14-11(16)12(13)5-8-17-9-12/h10H,2-9,13H2,1H3,(H,14,16). The van der Waals surface area contributed by atoms with E-state index in [0.29, 0.717) is 26.2 Å². The molecule has 1 saturated heterocycles. The first-order chi connectivity index (χ1) is 8.15. The van der Waals surface area contributed by atoms with Crippen LogP contribution in [-0.2, 0) is 9.53 Å². The van der Waals surface area contributed by atoms with Crippen LogP contribution in [0.15, 0.2) is 0 Å². The van der Waals surface area contributed by atoms with E-state index in [1.54, 1.807) is 0 Å². The van der Waals surface area contributed by atoms with Crippen molar-refractivity contribution < 1.29 is 9.53 Å². The summed E-state index contributed by atoms with van der Waals surface area (Å²) < 4.78 is 5.18. The Kier molecular flexibility index (Phi) is 4.01. The molecule has 3 N–H and O–H groups in total. The van der Waals surface area contributed by atoms with Gasteiger partial charge in [-0.1, -0.05) is 6.92 Å². The Labute approximate surface area is 103 Å². The average Bonchev–Trinajstić information content (AvgIpc) is 3.06. The molecule has 1 atom stereocenters. The minimum atomic E-state index is -0.795. The van der Waals surface area contributed by atoms with Crippen molar-refractivity contribution in [3.8, 4) is 0 Å². The van der Waals surface area contributed by atoms with Gasteiger partial charge in [-0.2, -0.15) is 0 Å². The first-order valence-electron chi connectivity index (χ1n) is 6.55. The second-order valence-electron chi connectivity index (χ2n) is 5.07. The van der Waals surface area contributed by atoms with Crippen molar-refractivity contribution in [3.05, 3.63) is 0 Å². The number of amides is 1. The van der Waals surface area contributed by atoms with Gasteiger partial charge in [0.1, 0.15) is 5.54 Å². The third-order valence-corrected chi connectivity index (χ3v) is 3.66. The van der Waals surface area contributed by atoms with E-state index in [2.05, 4.69) is 17.1 Å². The number of hydrogen-bond acceptors (Lipinski definition) is 4. The lowest BCUT2D eigenvalue weighted by molar-refractivity contribution is -0.126. The zero-order valence-corrected chi connectivity index (χ0v) is 10.6. The number of ether oxygens (including phenoxy) is 1. The van der Waals surface area contributed by atoms with Gasteiger partial charge in [-0.15, -0.1) is 0 Å². The van der Waals surface area contributed by atoms with Gasteiger partial charge in [0.15, 0.2) is 0 Å². The molecule has 2 fully saturated rings. The van der Waals surface area contributed by atoms with Crippen molar-refractivity contribution in [1.82, 2.24) is 10.2 Å². The predicted molar refractivity (Wildman–Crippen MR) is 65.6 cm³/mol. The number of carbonyl (C=O) groups excluding carboxylic acids is 1. The molecule has 0 radical (unpaired) electrons. The van der Waals surface area contributed by atoms with Gasteiger partial charge in [0.25, 0.3) is 0 Å². The summed E-state index contributed by atoms with van der Waals surface area (Å²) in [6.07, 6.45) is 3.23. The van der Waals surface area contributed by atoms with E-state index < -0.39 is 5.54 Å². The van der Waals surface area contributed by atoms with Gasteiger partial charge < -0.3 is 15.8 Å². The number of rotatable bonds is 6. The molecule has 5 heteroatoms. The van der Waals surface area contributed by atoms with Crippen molar-refractivity contribution in [2.75, 3.05) is 32.8 Å². The molecule has 1 aliphatic heterocycles. The number of nitrogens with two attached hydrogens (primary N) is 1. The molecule has 17 heavy (non-hydrogen) atoms. The Balaban J connectivity index is 1.68. The number of likely N-dealkylation sites (N-methyl/N-ethyl adjacent to an activating group) is 1. The van der Waals surface area contributed by atoms with E-state index >= 15 is 0 Å². The minimum absolute atomic E-state index is 0.0677. The Morgan fingerprint density at radius 2 is 2.35 bits per heavy atom. The largest absolute Gasteiger partial charge is 0.379 e. The SMILES string of the molecule is CCN(CCNC(=O)C1(N)CCOC1)C1CC1. The van der Waals surface area contributed by atoms with Crippen LogP contribution in [0.3, 0.4) is 0 Å². The quantitative estimate of drug-likeness (QED) is 0.670. The van der Waals surface area contributed by atoms with Crippen LogP contribution in [0.4, 0.5) is 0 Å². The summed E-state index contributed by atoms with van der Waals surface area (Å²) in [5, 5.41) is 2.93. The number of carbonyl (C=O) groups is 1. The van der Waals surface area contributed by atoms with Crippen LogP contribution in [0, 0.1) is 0 Å². The Bertz CT molecular complexity index is 273. The van der Waals surface area contributed by atoms with Crippen LogP contribution < -0.4 is 11.1 Å². The molecule has 0 aromatic carbocycles. The Hall–Kier alpha value is -0.650. The fraction of sp³-hybridized carbons (Fsp3) is 0.917. The highest BCUT2D eigenvalue weighted by Gasteiger charge is 2.38. The predicted octanol–water partition coefficient (Wildman–Crippen LogP) is -0.295. The molecule has 1 aliphatic carbocycles. The van der Waals surface area contributed by atoms with Crippen LogP contribution >= 0.6 is 0 Å². The molecule has 0 aromatic heterocycles. The van der Waals surface area contributed by atoms with Crippen LogP contribution in [-0.4, -0.2) is 55.2 Å². The van der Waals surface area contributed by atoms with Crippen molar-refractivity contribution >= 4 is 5.91 Å². The normalized spacial score (nSPS) is 28.6. The van der Waals surface area contributed by atoms with Crippen molar-refractivity contribution in [3.63, 3.8) is 0 Å². The van der Waals surface area contributed by atoms with E-state index in [9.17, 15) is 4.79 Å². The third-order valence-electron chi connectivity index (χ3n) is 3.66. The smallest absolute Gasteiger partial charge is 0.242 e. The second kappa shape index (κ2) is 5.33. The number of nitrogens with one attached hydrogen (secondary N) is 1. The van der Waals surface area contributed by atoms with Crippen LogP contribution in [0.25, 0.3) is 0 Å². The second-order valence-corrected chi connectivity index (χ2v) is 5.07. The van der Waals surface area contributed by atoms with Gasteiger partial charge in [0, 0.05) is 25.7 Å². The molecule has 1 unspecified atom stereocenters. The van der Waals surface area contributed by atoms with Crippen molar-refractivity contribution in [2.24, 2.45) is 5.73 Å². The van der Waals surface area contributed by atoms with Crippen LogP contribution in [0.2, 0.25) is 0 Å². The molecule has 2 aliphatic rings. The summed E-state index contributed by atoms with van der Waals surface area (Å²) in [4.78, 5) is 14.3. The third kappa shape index (κ3) is 3.18. The molecule has 98 valence electrons. The van der Waals surface area contributed by atoms with E-state index in [1.807, 2.05) is 0 Å². The molecular weight excluding hydrogens is 218 g/mol. The van der Waals surface area contributed by atoms with E-state index in [-0.39, 0.29) is 5.91 Å². The molecule has 0 bridgehead atoms. The fourth-order valence-electron chi connectivity index (χ4n) is 2.29. The molecule has 1 saturated carbocycles. The molecular formula is C12H23N3O2. The summed E-state index contributed by atoms with van der Waals surface area (Å²) in [6, 6.07) is 0.749. The molecule has 1 heterocycles. The fourth-order valence-corrected chi connectivity index (χ4v) is 2.29. The summed E-state index contributed by atoms with van der Waals surface area (Å²) >= 11 is 0. The van der Waals surface area contributed by atoms with Crippen LogP contribution in [0.5, 0.6) is 0 Å². The topological polar surface area (TPSA) is 67.6 Å². The van der Waals surface area contributed by atoms with Gasteiger partial charge >= 0.3 is 0 Å². The van der Waals surface area contributed by atoms with Gasteiger partial charge in [0.05, 0.1) is 6.61 Å². The zero-order chi connectivity index (χ0) is 12.3. The lowest BCUT2D eigenvalue weighted by Crippen LogP contribution is -2.55. The van der Waals surface area contributed by atoms with Gasteiger partial charge in [-0.05, 0) is 25.8 Å². The van der Waals surface area contributed by atoms with Gasteiger partial charge in [-0.25, -0.2) is 0 Å². The first kappa shape index (κ1) is 12.8. The zero-order valence-electron chi connectivity index (χ0n) is 10.6. The minimum Gasteiger partial charge on any atom is -0.379 e. The maximum atomic E-state index is 11.9. The Morgan fingerprint density at radius 1 is 1.59 bits per heavy atom. The highest BCUT2D eigenvalue weighted by molar-refractivity contribution is 5.86. The van der Waals surface area contributed by atoms with Gasteiger partial charge in [0.2, 0.25) is 5.91 Å². The summed E-state index contributed by atoms with van der Waals surface area (Å²) in [6.45, 7) is 5.75.